The maximum absolute atomic E-state index is 5.57. The standard InChI is InChI=1S/C18H20N4O2/c1-5-9-24-16-8-7-15(11-17(16)23-6-2)12-19-22-18-20-13(3)10-14(4)21-18/h1,7-8,10-12H,6,9H2,2-4H3,(H,20,21,22)/b19-12-. The number of nitrogens with zero attached hydrogens (tertiary/aromatic N) is 3. The fraction of sp³-hybridized carbons (Fsp3) is 0.278. The Labute approximate surface area is 141 Å². The van der Waals surface area contributed by atoms with Gasteiger partial charge in [0, 0.05) is 11.4 Å². The molecule has 1 aromatic carbocycles. The van der Waals surface area contributed by atoms with E-state index in [1.54, 1.807) is 12.3 Å². The van der Waals surface area contributed by atoms with Crippen molar-refractivity contribution in [3.8, 4) is 23.8 Å². The Bertz CT molecular complexity index is 746. The lowest BCUT2D eigenvalue weighted by Crippen LogP contribution is -2.01. The molecule has 6 nitrogen and oxygen atoms in total. The predicted octanol–water partition coefficient (Wildman–Crippen LogP) is 2.95. The van der Waals surface area contributed by atoms with Gasteiger partial charge >= 0.3 is 0 Å². The van der Waals surface area contributed by atoms with Crippen LogP contribution in [-0.4, -0.2) is 29.4 Å². The topological polar surface area (TPSA) is 68.6 Å². The normalized spacial score (nSPS) is 10.4. The van der Waals surface area contributed by atoms with Crippen LogP contribution in [0, 0.1) is 26.2 Å². The van der Waals surface area contributed by atoms with Crippen molar-refractivity contribution < 1.29 is 9.47 Å². The number of nitrogens with one attached hydrogen (secondary N) is 1. The number of aryl methyl sites for hydroxylation is 2. The lowest BCUT2D eigenvalue weighted by Gasteiger charge is -2.10. The zero-order valence-corrected chi connectivity index (χ0v) is 14.0. The first-order valence-electron chi connectivity index (χ1n) is 7.57. The zero-order chi connectivity index (χ0) is 17.4. The first-order chi connectivity index (χ1) is 11.6. The molecule has 1 N–H and O–H groups in total. The molecule has 2 aromatic rings. The number of terminal acetylenes is 1. The van der Waals surface area contributed by atoms with Crippen LogP contribution in [0.4, 0.5) is 5.95 Å². The van der Waals surface area contributed by atoms with Crippen molar-refractivity contribution in [3.05, 3.63) is 41.2 Å². The highest BCUT2D eigenvalue weighted by atomic mass is 16.5. The van der Waals surface area contributed by atoms with Crippen LogP contribution in [0.25, 0.3) is 0 Å². The summed E-state index contributed by atoms with van der Waals surface area (Å²) >= 11 is 0. The van der Waals surface area contributed by atoms with E-state index < -0.39 is 0 Å². The molecule has 0 radical (unpaired) electrons. The lowest BCUT2D eigenvalue weighted by atomic mass is 10.2. The van der Waals surface area contributed by atoms with Gasteiger partial charge < -0.3 is 9.47 Å². The van der Waals surface area contributed by atoms with Gasteiger partial charge in [0.15, 0.2) is 11.5 Å². The van der Waals surface area contributed by atoms with Crippen LogP contribution in [0.1, 0.15) is 23.9 Å². The molecule has 0 aliphatic heterocycles. The van der Waals surface area contributed by atoms with E-state index in [0.717, 1.165) is 17.0 Å². The first-order valence-corrected chi connectivity index (χ1v) is 7.57. The van der Waals surface area contributed by atoms with Crippen LogP contribution in [0.2, 0.25) is 0 Å². The number of rotatable bonds is 7. The number of aromatic nitrogens is 2. The minimum absolute atomic E-state index is 0.194. The van der Waals surface area contributed by atoms with Crippen LogP contribution >= 0.6 is 0 Å². The maximum atomic E-state index is 5.57. The van der Waals surface area contributed by atoms with Crippen molar-refractivity contribution in [3.63, 3.8) is 0 Å². The molecule has 0 bridgehead atoms. The minimum Gasteiger partial charge on any atom is -0.490 e. The van der Waals surface area contributed by atoms with Crippen LogP contribution in [0.3, 0.4) is 0 Å². The number of benzene rings is 1. The van der Waals surface area contributed by atoms with Crippen LogP contribution in [0.5, 0.6) is 11.5 Å². The van der Waals surface area contributed by atoms with Crippen molar-refractivity contribution in [2.24, 2.45) is 5.10 Å². The van der Waals surface area contributed by atoms with E-state index in [-0.39, 0.29) is 6.61 Å². The molecule has 2 rings (SSSR count). The molecule has 0 aliphatic carbocycles. The summed E-state index contributed by atoms with van der Waals surface area (Å²) in [5, 5.41) is 4.16. The zero-order valence-electron chi connectivity index (χ0n) is 14.0. The largest absolute Gasteiger partial charge is 0.490 e. The van der Waals surface area contributed by atoms with Crippen molar-refractivity contribution in [2.45, 2.75) is 20.8 Å². The molecule has 1 aromatic heterocycles. The fourth-order valence-corrected chi connectivity index (χ4v) is 2.05. The Balaban J connectivity index is 2.10. The molecule has 0 aliphatic rings. The maximum Gasteiger partial charge on any atom is 0.243 e. The molecule has 6 heteroatoms. The van der Waals surface area contributed by atoms with E-state index in [9.17, 15) is 0 Å². The highest BCUT2D eigenvalue weighted by Crippen LogP contribution is 2.28. The Kier molecular flexibility index (Phi) is 6.15. The monoisotopic (exact) mass is 324 g/mol. The van der Waals surface area contributed by atoms with Gasteiger partial charge in [-0.25, -0.2) is 15.4 Å². The summed E-state index contributed by atoms with van der Waals surface area (Å²) in [6, 6.07) is 7.40. The van der Waals surface area contributed by atoms with E-state index in [1.807, 2.05) is 39.0 Å². The number of hydrazone groups is 1. The number of hydrogen-bond donors (Lipinski definition) is 1. The summed E-state index contributed by atoms with van der Waals surface area (Å²) < 4.78 is 11.0. The lowest BCUT2D eigenvalue weighted by molar-refractivity contribution is 0.299. The third-order valence-electron chi connectivity index (χ3n) is 2.94. The number of ether oxygens (including phenoxy) is 2. The Morgan fingerprint density at radius 1 is 1.17 bits per heavy atom. The van der Waals surface area contributed by atoms with E-state index in [0.29, 0.717) is 24.1 Å². The van der Waals surface area contributed by atoms with E-state index >= 15 is 0 Å². The fourth-order valence-electron chi connectivity index (χ4n) is 2.05. The SMILES string of the molecule is C#CCOc1ccc(/C=N\Nc2nc(C)cc(C)n2)cc1OCC. The second kappa shape index (κ2) is 8.53. The highest BCUT2D eigenvalue weighted by Gasteiger charge is 2.05. The van der Waals surface area contributed by atoms with Crippen LogP contribution in [-0.2, 0) is 0 Å². The van der Waals surface area contributed by atoms with Gasteiger partial charge in [-0.15, -0.1) is 6.42 Å². The average molecular weight is 324 g/mol. The molecule has 0 amide bonds. The molecule has 0 fully saturated rings. The quantitative estimate of drug-likeness (QED) is 0.482. The third kappa shape index (κ3) is 4.99. The van der Waals surface area contributed by atoms with E-state index in [2.05, 4.69) is 26.4 Å². The van der Waals surface area contributed by atoms with E-state index in [4.69, 9.17) is 15.9 Å². The summed E-state index contributed by atoms with van der Waals surface area (Å²) in [5.74, 6) is 4.13. The summed E-state index contributed by atoms with van der Waals surface area (Å²) in [6.07, 6.45) is 6.88. The van der Waals surface area contributed by atoms with Crippen molar-refractivity contribution >= 4 is 12.2 Å². The molecule has 0 saturated heterocycles. The Morgan fingerprint density at radius 2 is 1.92 bits per heavy atom. The number of hydrogen-bond acceptors (Lipinski definition) is 6. The summed E-state index contributed by atoms with van der Waals surface area (Å²) in [7, 11) is 0. The molecular weight excluding hydrogens is 304 g/mol. The van der Waals surface area contributed by atoms with Crippen molar-refractivity contribution in [2.75, 3.05) is 18.6 Å². The molecule has 0 unspecified atom stereocenters. The predicted molar refractivity (Wildman–Crippen MR) is 94.7 cm³/mol. The summed E-state index contributed by atoms with van der Waals surface area (Å²) in [5.41, 5.74) is 5.44. The molecule has 124 valence electrons. The van der Waals surface area contributed by atoms with Gasteiger partial charge in [0.2, 0.25) is 5.95 Å². The van der Waals surface area contributed by atoms with Crippen LogP contribution < -0.4 is 14.9 Å². The van der Waals surface area contributed by atoms with Gasteiger partial charge in [0.1, 0.15) is 6.61 Å². The van der Waals surface area contributed by atoms with Crippen LogP contribution in [0.15, 0.2) is 29.4 Å². The van der Waals surface area contributed by atoms with Gasteiger partial charge in [-0.3, -0.25) is 0 Å². The third-order valence-corrected chi connectivity index (χ3v) is 2.94. The minimum atomic E-state index is 0.194. The molecule has 0 spiro atoms. The molecule has 0 atom stereocenters. The average Bonchev–Trinajstić information content (AvgIpc) is 2.53. The van der Waals surface area contributed by atoms with Gasteiger partial charge in [-0.2, -0.15) is 5.10 Å². The molecular formula is C18H20N4O2. The molecule has 0 saturated carbocycles. The smallest absolute Gasteiger partial charge is 0.243 e. The van der Waals surface area contributed by atoms with Crippen molar-refractivity contribution in [1.29, 1.82) is 0 Å². The second-order valence-corrected chi connectivity index (χ2v) is 4.98. The Hall–Kier alpha value is -3.07. The second-order valence-electron chi connectivity index (χ2n) is 4.98. The Morgan fingerprint density at radius 3 is 2.58 bits per heavy atom. The summed E-state index contributed by atoms with van der Waals surface area (Å²) in [4.78, 5) is 8.52. The van der Waals surface area contributed by atoms with Gasteiger partial charge in [0.05, 0.1) is 12.8 Å². The molecule has 24 heavy (non-hydrogen) atoms. The van der Waals surface area contributed by atoms with Crippen molar-refractivity contribution in [1.82, 2.24) is 9.97 Å². The summed E-state index contributed by atoms with van der Waals surface area (Å²) in [6.45, 7) is 6.45. The number of anilines is 1. The van der Waals surface area contributed by atoms with Gasteiger partial charge in [-0.05, 0) is 50.6 Å². The van der Waals surface area contributed by atoms with E-state index in [1.165, 1.54) is 0 Å². The van der Waals surface area contributed by atoms with Gasteiger partial charge in [-0.1, -0.05) is 5.92 Å². The first kappa shape index (κ1) is 17.3. The highest BCUT2D eigenvalue weighted by molar-refractivity contribution is 5.81. The van der Waals surface area contributed by atoms with Gasteiger partial charge in [0.25, 0.3) is 0 Å². The molecule has 1 heterocycles.